The van der Waals surface area contributed by atoms with Crippen molar-refractivity contribution in [3.05, 3.63) is 101 Å². The Morgan fingerprint density at radius 1 is 0.868 bits per heavy atom. The minimum Gasteiger partial charge on any atom is -0.361 e. The zero-order chi connectivity index (χ0) is 26.6. The number of hydrogen-bond acceptors (Lipinski definition) is 4. The fraction of sp³-hybridized carbons (Fsp3) is 0.200. The Hall–Kier alpha value is -4.72. The van der Waals surface area contributed by atoms with Crippen molar-refractivity contribution in [3.8, 4) is 0 Å². The summed E-state index contributed by atoms with van der Waals surface area (Å²) in [6.45, 7) is 2.27. The third-order valence-corrected chi connectivity index (χ3v) is 6.69. The molecule has 38 heavy (non-hydrogen) atoms. The van der Waals surface area contributed by atoms with Crippen LogP contribution in [0.4, 0.5) is 5.69 Å². The number of hydrogen-bond donors (Lipinski definition) is 3. The van der Waals surface area contributed by atoms with Gasteiger partial charge in [-0.1, -0.05) is 30.3 Å². The maximum absolute atomic E-state index is 12.7. The molecule has 3 aromatic carbocycles. The van der Waals surface area contributed by atoms with Gasteiger partial charge in [-0.15, -0.1) is 0 Å². The molecular weight excluding hydrogens is 480 g/mol. The van der Waals surface area contributed by atoms with Crippen molar-refractivity contribution >= 4 is 40.2 Å². The Morgan fingerprint density at radius 2 is 1.55 bits per heavy atom. The van der Waals surface area contributed by atoms with Gasteiger partial charge >= 0.3 is 0 Å². The normalized spacial score (nSPS) is 12.6. The molecule has 5 rings (SSSR count). The number of amides is 4. The summed E-state index contributed by atoms with van der Waals surface area (Å²) in [6, 6.07) is 20.3. The lowest BCUT2D eigenvalue weighted by Crippen LogP contribution is -2.31. The van der Waals surface area contributed by atoms with E-state index < -0.39 is 0 Å². The first kappa shape index (κ1) is 25.0. The lowest BCUT2D eigenvalue weighted by molar-refractivity contribution is -0.120. The Morgan fingerprint density at radius 3 is 2.24 bits per heavy atom. The van der Waals surface area contributed by atoms with Crippen molar-refractivity contribution in [1.82, 2.24) is 15.2 Å². The zero-order valence-electron chi connectivity index (χ0n) is 21.0. The summed E-state index contributed by atoms with van der Waals surface area (Å²) in [4.78, 5) is 53.5. The molecule has 4 amide bonds. The average molecular weight is 509 g/mol. The molecule has 2 heterocycles. The van der Waals surface area contributed by atoms with Crippen LogP contribution in [0.2, 0.25) is 0 Å². The van der Waals surface area contributed by atoms with Crippen LogP contribution in [0, 0.1) is 0 Å². The maximum atomic E-state index is 12.7. The first-order valence-electron chi connectivity index (χ1n) is 12.6. The third kappa shape index (κ3) is 5.34. The van der Waals surface area contributed by atoms with Crippen LogP contribution in [-0.2, 0) is 28.9 Å². The molecule has 8 heteroatoms. The van der Waals surface area contributed by atoms with Crippen LogP contribution >= 0.6 is 0 Å². The van der Waals surface area contributed by atoms with E-state index in [0.717, 1.165) is 27.6 Å². The molecule has 0 bridgehead atoms. The maximum Gasteiger partial charge on any atom is 0.261 e. The molecule has 0 unspecified atom stereocenters. The van der Waals surface area contributed by atoms with E-state index in [4.69, 9.17) is 0 Å². The molecule has 4 aromatic rings. The van der Waals surface area contributed by atoms with Crippen LogP contribution in [0.5, 0.6) is 0 Å². The first-order valence-corrected chi connectivity index (χ1v) is 12.6. The molecule has 1 aromatic heterocycles. The molecule has 0 fully saturated rings. The predicted molar refractivity (Wildman–Crippen MR) is 145 cm³/mol. The summed E-state index contributed by atoms with van der Waals surface area (Å²) >= 11 is 0. The van der Waals surface area contributed by atoms with Crippen LogP contribution < -0.4 is 10.6 Å². The lowest BCUT2D eigenvalue weighted by atomic mass is 10.0. The van der Waals surface area contributed by atoms with Gasteiger partial charge in [0.2, 0.25) is 11.8 Å². The van der Waals surface area contributed by atoms with Gasteiger partial charge in [-0.05, 0) is 65.9 Å². The summed E-state index contributed by atoms with van der Waals surface area (Å²) in [6.07, 6.45) is 3.41. The van der Waals surface area contributed by atoms with Gasteiger partial charge in [-0.2, -0.15) is 0 Å². The number of aromatic amines is 1. The van der Waals surface area contributed by atoms with Crippen molar-refractivity contribution in [2.24, 2.45) is 0 Å². The van der Waals surface area contributed by atoms with Crippen molar-refractivity contribution in [1.29, 1.82) is 0 Å². The molecule has 0 radical (unpaired) electrons. The quantitative estimate of drug-likeness (QED) is 0.298. The van der Waals surface area contributed by atoms with Crippen LogP contribution in [0.25, 0.3) is 10.9 Å². The third-order valence-electron chi connectivity index (χ3n) is 6.69. The molecule has 0 saturated heterocycles. The lowest BCUT2D eigenvalue weighted by Gasteiger charge is -2.13. The summed E-state index contributed by atoms with van der Waals surface area (Å²) in [5.41, 5.74) is 5.59. The van der Waals surface area contributed by atoms with Crippen LogP contribution in [0.1, 0.15) is 44.3 Å². The van der Waals surface area contributed by atoms with Crippen LogP contribution in [0.15, 0.2) is 72.9 Å². The summed E-state index contributed by atoms with van der Waals surface area (Å²) < 4.78 is 0. The second kappa shape index (κ2) is 10.7. The summed E-state index contributed by atoms with van der Waals surface area (Å²) in [5.74, 6) is -0.694. The Labute approximate surface area is 220 Å². The predicted octanol–water partition coefficient (Wildman–Crippen LogP) is 3.87. The monoisotopic (exact) mass is 508 g/mol. The number of aromatic nitrogens is 1. The van der Waals surface area contributed by atoms with Gasteiger partial charge in [0, 0.05) is 42.8 Å². The highest BCUT2D eigenvalue weighted by atomic mass is 16.2. The number of benzene rings is 3. The Balaban J connectivity index is 1.15. The smallest absolute Gasteiger partial charge is 0.261 e. The zero-order valence-corrected chi connectivity index (χ0v) is 21.0. The van der Waals surface area contributed by atoms with Gasteiger partial charge in [0.15, 0.2) is 0 Å². The molecule has 1 aliphatic rings. The Kier molecular flexibility index (Phi) is 7.04. The van der Waals surface area contributed by atoms with Gasteiger partial charge < -0.3 is 15.6 Å². The van der Waals surface area contributed by atoms with E-state index in [1.54, 1.807) is 36.4 Å². The van der Waals surface area contributed by atoms with Crippen LogP contribution in [-0.4, -0.2) is 46.6 Å². The van der Waals surface area contributed by atoms with E-state index in [9.17, 15) is 19.2 Å². The van der Waals surface area contributed by atoms with E-state index in [2.05, 4.69) is 21.7 Å². The molecular formula is C30H28N4O4. The summed E-state index contributed by atoms with van der Waals surface area (Å²) in [5, 5.41) is 6.72. The molecule has 8 nitrogen and oxygen atoms in total. The van der Waals surface area contributed by atoms with Gasteiger partial charge in [-0.25, -0.2) is 0 Å². The van der Waals surface area contributed by atoms with E-state index in [-0.39, 0.29) is 30.0 Å². The molecule has 3 N–H and O–H groups in total. The topological polar surface area (TPSA) is 111 Å². The highest BCUT2D eigenvalue weighted by Gasteiger charge is 2.34. The second-order valence-electron chi connectivity index (χ2n) is 9.41. The number of carbonyl (C=O) groups is 4. The van der Waals surface area contributed by atoms with E-state index in [1.807, 2.05) is 30.5 Å². The number of anilines is 1. The second-order valence-corrected chi connectivity index (χ2v) is 9.41. The van der Waals surface area contributed by atoms with E-state index in [1.165, 1.54) is 11.8 Å². The van der Waals surface area contributed by atoms with Crippen molar-refractivity contribution in [3.63, 3.8) is 0 Å². The van der Waals surface area contributed by atoms with Crippen molar-refractivity contribution in [2.45, 2.75) is 26.2 Å². The van der Waals surface area contributed by atoms with Crippen molar-refractivity contribution < 1.29 is 19.2 Å². The van der Waals surface area contributed by atoms with E-state index >= 15 is 0 Å². The molecule has 0 atom stereocenters. The fourth-order valence-corrected chi connectivity index (χ4v) is 4.77. The number of nitrogens with one attached hydrogen (secondary N) is 3. The first-order chi connectivity index (χ1) is 18.4. The molecule has 0 saturated carbocycles. The van der Waals surface area contributed by atoms with Crippen molar-refractivity contribution in [2.75, 3.05) is 18.4 Å². The molecule has 0 spiro atoms. The number of imide groups is 1. The number of carbonyl (C=O) groups excluding carboxylic acids is 4. The van der Waals surface area contributed by atoms with Gasteiger partial charge in [0.1, 0.15) is 0 Å². The van der Waals surface area contributed by atoms with Gasteiger partial charge in [0.05, 0.1) is 17.5 Å². The number of H-pyrrole nitrogens is 1. The largest absolute Gasteiger partial charge is 0.361 e. The minimum absolute atomic E-state index is 0.0679. The molecule has 1 aliphatic heterocycles. The molecule has 192 valence electrons. The average Bonchev–Trinajstić information content (AvgIpc) is 3.41. The standard InChI is InChI=1S/C30H28N4O4/c1-19(35)33-23-9-6-20(7-10-23)17-28(36)31-14-12-21-8-11-27-26(16-21)22(18-32-27)13-15-34-29(37)24-4-2-3-5-25(24)30(34)38/h2-11,16,18,32H,12-15,17H2,1H3,(H,31,36)(H,33,35). The number of nitrogens with zero attached hydrogens (tertiary/aromatic N) is 1. The van der Waals surface area contributed by atoms with Gasteiger partial charge in [-0.3, -0.25) is 24.1 Å². The SMILES string of the molecule is CC(=O)Nc1ccc(CC(=O)NCCc2ccc3[nH]cc(CCN4C(=O)c5ccccc5C4=O)c3c2)cc1. The summed E-state index contributed by atoms with van der Waals surface area (Å²) in [7, 11) is 0. The highest BCUT2D eigenvalue weighted by molar-refractivity contribution is 6.21. The number of fused-ring (bicyclic) bond motifs is 2. The highest BCUT2D eigenvalue weighted by Crippen LogP contribution is 2.25. The molecule has 0 aliphatic carbocycles. The Bertz CT molecular complexity index is 1500. The fourth-order valence-electron chi connectivity index (χ4n) is 4.77. The minimum atomic E-state index is -0.245. The van der Waals surface area contributed by atoms with Crippen LogP contribution in [0.3, 0.4) is 0 Å². The number of rotatable bonds is 9. The van der Waals surface area contributed by atoms with Gasteiger partial charge in [0.25, 0.3) is 11.8 Å². The van der Waals surface area contributed by atoms with E-state index in [0.29, 0.717) is 42.7 Å².